The van der Waals surface area contributed by atoms with Crippen molar-refractivity contribution >= 4 is 42.5 Å². The first kappa shape index (κ1) is 18.7. The molecule has 1 fully saturated rings. The van der Waals surface area contributed by atoms with Crippen LogP contribution in [-0.4, -0.2) is 67.0 Å². The van der Waals surface area contributed by atoms with E-state index >= 15 is 0 Å². The molecule has 1 saturated heterocycles. The summed E-state index contributed by atoms with van der Waals surface area (Å²) in [6.45, 7) is 2.54. The van der Waals surface area contributed by atoms with Crippen molar-refractivity contribution in [3.63, 3.8) is 0 Å². The van der Waals surface area contributed by atoms with E-state index in [-0.39, 0.29) is 36.8 Å². The molecule has 0 aromatic carbocycles. The zero-order chi connectivity index (χ0) is 10.6. The van der Waals surface area contributed by atoms with Gasteiger partial charge < -0.3 is 15.5 Å². The summed E-state index contributed by atoms with van der Waals surface area (Å²) >= 11 is 1.76. The van der Waals surface area contributed by atoms with Crippen LogP contribution in [0.2, 0.25) is 0 Å². The average molecular weight is 290 g/mol. The van der Waals surface area contributed by atoms with Crippen molar-refractivity contribution < 1.29 is 4.79 Å². The maximum absolute atomic E-state index is 11.7. The van der Waals surface area contributed by atoms with Gasteiger partial charge in [-0.2, -0.15) is 11.8 Å². The molecule has 0 saturated carbocycles. The first-order chi connectivity index (χ1) is 6.61. The van der Waals surface area contributed by atoms with Gasteiger partial charge in [0.15, 0.2) is 0 Å². The summed E-state index contributed by atoms with van der Waals surface area (Å²) in [5.41, 5.74) is 5.75. The number of hydrogen-bond donors (Lipinski definition) is 1. The predicted molar refractivity (Wildman–Crippen MR) is 74.9 cm³/mol. The zero-order valence-corrected chi connectivity index (χ0v) is 12.2. The molecule has 2 N–H and O–H groups in total. The molecule has 0 bridgehead atoms. The number of halogens is 2. The molecule has 0 spiro atoms. The Bertz CT molecular complexity index is 207. The zero-order valence-electron chi connectivity index (χ0n) is 9.72. The van der Waals surface area contributed by atoms with Crippen LogP contribution in [0.25, 0.3) is 0 Å². The Labute approximate surface area is 114 Å². The minimum absolute atomic E-state index is 0. The van der Waals surface area contributed by atoms with Crippen LogP contribution in [0, 0.1) is 0 Å². The lowest BCUT2D eigenvalue weighted by atomic mass is 10.3. The molecule has 1 atom stereocenters. The first-order valence-corrected chi connectivity index (χ1v) is 6.03. The van der Waals surface area contributed by atoms with Gasteiger partial charge in [-0.05, 0) is 14.1 Å². The number of carbonyl (C=O) groups is 1. The van der Waals surface area contributed by atoms with Crippen molar-refractivity contribution in [1.29, 1.82) is 0 Å². The largest absolute Gasteiger partial charge is 0.339 e. The molecule has 1 unspecified atom stereocenters. The topological polar surface area (TPSA) is 49.6 Å². The number of hydrogen-bond acceptors (Lipinski definition) is 4. The molecule has 0 aromatic heterocycles. The van der Waals surface area contributed by atoms with Gasteiger partial charge in [-0.25, -0.2) is 0 Å². The van der Waals surface area contributed by atoms with Gasteiger partial charge in [0.1, 0.15) is 0 Å². The molecule has 98 valence electrons. The van der Waals surface area contributed by atoms with E-state index in [0.717, 1.165) is 31.1 Å². The Morgan fingerprint density at radius 1 is 1.50 bits per heavy atom. The number of rotatable bonds is 3. The second kappa shape index (κ2) is 9.36. The molecule has 1 rings (SSSR count). The third-order valence-electron chi connectivity index (χ3n) is 2.25. The Balaban J connectivity index is 0. The van der Waals surface area contributed by atoms with Gasteiger partial charge in [-0.15, -0.1) is 24.8 Å². The van der Waals surface area contributed by atoms with E-state index in [4.69, 9.17) is 5.73 Å². The molecular weight excluding hydrogens is 269 g/mol. The van der Waals surface area contributed by atoms with Gasteiger partial charge in [0, 0.05) is 31.1 Å². The lowest BCUT2D eigenvalue weighted by Gasteiger charge is -2.23. The normalized spacial score (nSPS) is 21.1. The minimum atomic E-state index is -0.301. The number of amides is 1. The fourth-order valence-corrected chi connectivity index (χ4v) is 2.26. The first-order valence-electron chi connectivity index (χ1n) is 4.88. The molecule has 1 heterocycles. The Morgan fingerprint density at radius 2 is 2.12 bits per heavy atom. The van der Waals surface area contributed by atoms with Crippen LogP contribution in [-0.2, 0) is 4.79 Å². The van der Waals surface area contributed by atoms with Crippen LogP contribution in [0.5, 0.6) is 0 Å². The maximum atomic E-state index is 11.7. The highest BCUT2D eigenvalue weighted by Gasteiger charge is 2.23. The van der Waals surface area contributed by atoms with Gasteiger partial charge >= 0.3 is 0 Å². The highest BCUT2D eigenvalue weighted by Crippen LogP contribution is 2.10. The average Bonchev–Trinajstić information content (AvgIpc) is 2.28. The van der Waals surface area contributed by atoms with E-state index in [0.29, 0.717) is 0 Å². The van der Waals surface area contributed by atoms with Crippen molar-refractivity contribution in [2.24, 2.45) is 5.73 Å². The molecule has 4 nitrogen and oxygen atoms in total. The highest BCUT2D eigenvalue weighted by atomic mass is 35.5. The Morgan fingerprint density at radius 3 is 2.69 bits per heavy atom. The Kier molecular flexibility index (Phi) is 10.9. The van der Waals surface area contributed by atoms with Crippen LogP contribution in [0.3, 0.4) is 0 Å². The molecule has 7 heteroatoms. The van der Waals surface area contributed by atoms with Crippen LogP contribution in [0.4, 0.5) is 0 Å². The van der Waals surface area contributed by atoms with E-state index in [2.05, 4.69) is 4.90 Å². The molecule has 1 aliphatic rings. The van der Waals surface area contributed by atoms with E-state index in [9.17, 15) is 4.79 Å². The lowest BCUT2D eigenvalue weighted by Crippen LogP contribution is -2.46. The van der Waals surface area contributed by atoms with Crippen LogP contribution >= 0.6 is 36.6 Å². The third kappa shape index (κ3) is 6.15. The minimum Gasteiger partial charge on any atom is -0.339 e. The second-order valence-electron chi connectivity index (χ2n) is 3.81. The summed E-state index contributed by atoms with van der Waals surface area (Å²) in [4.78, 5) is 15.7. The molecule has 0 aliphatic carbocycles. The lowest BCUT2D eigenvalue weighted by molar-refractivity contribution is -0.131. The van der Waals surface area contributed by atoms with E-state index in [1.54, 1.807) is 11.8 Å². The van der Waals surface area contributed by atoms with Gasteiger partial charge in [-0.3, -0.25) is 4.79 Å². The number of nitrogens with two attached hydrogens (primary N) is 1. The molecular formula is C9H21Cl2N3OS. The summed E-state index contributed by atoms with van der Waals surface area (Å²) in [5.74, 6) is 1.88. The van der Waals surface area contributed by atoms with Crippen LogP contribution in [0.1, 0.15) is 0 Å². The Hall–Kier alpha value is 0.320. The van der Waals surface area contributed by atoms with Crippen molar-refractivity contribution in [3.8, 4) is 0 Å². The smallest absolute Gasteiger partial charge is 0.240 e. The molecule has 0 radical (unpaired) electrons. The monoisotopic (exact) mass is 289 g/mol. The van der Waals surface area contributed by atoms with E-state index < -0.39 is 0 Å². The summed E-state index contributed by atoms with van der Waals surface area (Å²) in [5, 5.41) is 0. The number of nitrogens with zero attached hydrogens (tertiary/aromatic N) is 2. The number of likely N-dealkylation sites (N-methyl/N-ethyl adjacent to an activating group) is 1. The van der Waals surface area contributed by atoms with Crippen molar-refractivity contribution in [3.05, 3.63) is 0 Å². The number of thioether (sulfide) groups is 1. The quantitative estimate of drug-likeness (QED) is 0.812. The second-order valence-corrected chi connectivity index (χ2v) is 4.96. The number of carbonyl (C=O) groups excluding carboxylic acids is 1. The van der Waals surface area contributed by atoms with Crippen LogP contribution in [0.15, 0.2) is 0 Å². The molecule has 0 aromatic rings. The summed E-state index contributed by atoms with van der Waals surface area (Å²) < 4.78 is 0. The summed E-state index contributed by atoms with van der Waals surface area (Å²) in [7, 11) is 4.02. The standard InChI is InChI=1S/C9H19N3OS.2ClH/c1-11(2)3-4-12-5-6-14-7-8(10)9(12)13;;/h8H,3-7,10H2,1-2H3;2*1H. The molecule has 1 amide bonds. The molecule has 1 aliphatic heterocycles. The summed E-state index contributed by atoms with van der Waals surface area (Å²) in [6.07, 6.45) is 0. The highest BCUT2D eigenvalue weighted by molar-refractivity contribution is 7.99. The van der Waals surface area contributed by atoms with Crippen molar-refractivity contribution in [2.45, 2.75) is 6.04 Å². The van der Waals surface area contributed by atoms with Gasteiger partial charge in [0.25, 0.3) is 0 Å². The third-order valence-corrected chi connectivity index (χ3v) is 3.32. The van der Waals surface area contributed by atoms with Crippen molar-refractivity contribution in [1.82, 2.24) is 9.80 Å². The fourth-order valence-electron chi connectivity index (χ4n) is 1.34. The maximum Gasteiger partial charge on any atom is 0.240 e. The molecule has 16 heavy (non-hydrogen) atoms. The van der Waals surface area contributed by atoms with E-state index in [1.807, 2.05) is 19.0 Å². The van der Waals surface area contributed by atoms with Crippen LogP contribution < -0.4 is 5.73 Å². The van der Waals surface area contributed by atoms with Gasteiger partial charge in [-0.1, -0.05) is 0 Å². The summed E-state index contributed by atoms with van der Waals surface area (Å²) in [6, 6.07) is -0.301. The van der Waals surface area contributed by atoms with Crippen molar-refractivity contribution in [2.75, 3.05) is 45.2 Å². The predicted octanol–water partition coefficient (Wildman–Crippen LogP) is 0.294. The van der Waals surface area contributed by atoms with E-state index in [1.165, 1.54) is 0 Å². The van der Waals surface area contributed by atoms with Gasteiger partial charge in [0.05, 0.1) is 6.04 Å². The SMILES string of the molecule is CN(C)CCN1CCSCC(N)C1=O.Cl.Cl. The fraction of sp³-hybridized carbons (Fsp3) is 0.889. The van der Waals surface area contributed by atoms with Gasteiger partial charge in [0.2, 0.25) is 5.91 Å².